The highest BCUT2D eigenvalue weighted by Gasteiger charge is 2.43. The molecule has 8 heteroatoms. The fraction of sp³-hybridized carbons (Fsp3) is 0.360. The van der Waals surface area contributed by atoms with E-state index in [0.29, 0.717) is 44.8 Å². The number of rotatable bonds is 3. The molecule has 4 rings (SSSR count). The Hall–Kier alpha value is -3.23. The minimum Gasteiger partial charge on any atom is -0.491 e. The molecule has 1 fully saturated rings. The van der Waals surface area contributed by atoms with Crippen LogP contribution in [0.2, 0.25) is 0 Å². The van der Waals surface area contributed by atoms with Gasteiger partial charge in [0, 0.05) is 25.2 Å². The molecular weight excluding hydrogens is 425 g/mol. The van der Waals surface area contributed by atoms with E-state index in [1.54, 1.807) is 12.1 Å². The van der Waals surface area contributed by atoms with Crippen LogP contribution in [0.5, 0.6) is 5.75 Å². The van der Waals surface area contributed by atoms with Crippen LogP contribution in [0.15, 0.2) is 60.7 Å². The molecule has 1 saturated heterocycles. The Bertz CT molecular complexity index is 1030. The molecule has 0 aliphatic carbocycles. The lowest BCUT2D eigenvalue weighted by molar-refractivity contribution is -0.160. The summed E-state index contributed by atoms with van der Waals surface area (Å²) >= 11 is 0. The Labute approximate surface area is 192 Å². The Kier molecular flexibility index (Phi) is 7.36. The van der Waals surface area contributed by atoms with Crippen LogP contribution in [0.4, 0.5) is 10.1 Å². The highest BCUT2D eigenvalue weighted by atomic mass is 19.1. The Balaban J connectivity index is 1.43. The number of carbonyl (C=O) groups excluding carboxylic acids is 2. The Morgan fingerprint density at radius 3 is 2.91 bits per heavy atom. The molecule has 0 radical (unpaired) electrons. The number of ether oxygens (including phenoxy) is 2. The van der Waals surface area contributed by atoms with Gasteiger partial charge in [-0.2, -0.15) is 0 Å². The van der Waals surface area contributed by atoms with E-state index in [2.05, 4.69) is 10.6 Å². The zero-order valence-corrected chi connectivity index (χ0v) is 18.4. The fourth-order valence-corrected chi connectivity index (χ4v) is 4.10. The van der Waals surface area contributed by atoms with Gasteiger partial charge < -0.3 is 20.1 Å². The van der Waals surface area contributed by atoms with Crippen molar-refractivity contribution in [2.24, 2.45) is 0 Å². The second kappa shape index (κ2) is 10.6. The summed E-state index contributed by atoms with van der Waals surface area (Å²) in [6.07, 6.45) is 5.05. The normalized spacial score (nSPS) is 22.8. The summed E-state index contributed by atoms with van der Waals surface area (Å²) in [5.41, 5.74) is 0.386. The van der Waals surface area contributed by atoms with Gasteiger partial charge >= 0.3 is 0 Å². The van der Waals surface area contributed by atoms with Crippen LogP contribution in [0.1, 0.15) is 12.0 Å². The quantitative estimate of drug-likeness (QED) is 0.699. The molecule has 2 aliphatic heterocycles. The van der Waals surface area contributed by atoms with Crippen molar-refractivity contribution in [3.63, 3.8) is 0 Å². The van der Waals surface area contributed by atoms with Crippen LogP contribution in [-0.4, -0.2) is 61.7 Å². The number of nitrogens with one attached hydrogen (secondary N) is 2. The van der Waals surface area contributed by atoms with E-state index in [9.17, 15) is 14.0 Å². The third-order valence-electron chi connectivity index (χ3n) is 5.72. The number of amides is 2. The van der Waals surface area contributed by atoms with Gasteiger partial charge in [0.1, 0.15) is 18.2 Å². The monoisotopic (exact) mass is 453 g/mol. The maximum atomic E-state index is 13.4. The predicted octanol–water partition coefficient (Wildman–Crippen LogP) is 2.53. The number of hydrogen-bond acceptors (Lipinski definition) is 5. The topological polar surface area (TPSA) is 79.9 Å². The van der Waals surface area contributed by atoms with E-state index in [1.165, 1.54) is 12.1 Å². The van der Waals surface area contributed by atoms with E-state index in [0.717, 1.165) is 11.3 Å². The van der Waals surface area contributed by atoms with Gasteiger partial charge in [-0.25, -0.2) is 4.39 Å². The molecule has 7 nitrogen and oxygen atoms in total. The summed E-state index contributed by atoms with van der Waals surface area (Å²) in [5.74, 6) is -0.0934. The number of morpholine rings is 1. The molecule has 2 heterocycles. The summed E-state index contributed by atoms with van der Waals surface area (Å²) in [6, 6.07) is 13.6. The molecule has 174 valence electrons. The number of halogens is 1. The Morgan fingerprint density at radius 1 is 1.15 bits per heavy atom. The van der Waals surface area contributed by atoms with Crippen LogP contribution in [0.25, 0.3) is 0 Å². The first-order chi connectivity index (χ1) is 16.0. The summed E-state index contributed by atoms with van der Waals surface area (Å²) in [4.78, 5) is 27.5. The van der Waals surface area contributed by atoms with Gasteiger partial charge in [-0.3, -0.25) is 14.5 Å². The standard InChI is InChI=1S/C25H28FN3O4/c26-20-8-5-9-21(16-20)28-23(30)17-29-13-15-33-25(18-29)11-4-3-7-19-6-1-2-10-22(19)32-14-12-27-24(25)31/h1-6,8-10,16H,7,11-15,17-18H2,(H,27,31)(H,28,30)/b4-3+. The number of benzene rings is 2. The summed E-state index contributed by atoms with van der Waals surface area (Å²) < 4.78 is 25.2. The number of fused-ring (bicyclic) bond motifs is 1. The van der Waals surface area contributed by atoms with Crippen molar-refractivity contribution in [3.8, 4) is 5.75 Å². The molecule has 0 bridgehead atoms. The molecule has 2 aliphatic rings. The fourth-order valence-electron chi connectivity index (χ4n) is 4.10. The summed E-state index contributed by atoms with van der Waals surface area (Å²) in [6.45, 7) is 1.90. The van der Waals surface area contributed by atoms with E-state index in [4.69, 9.17) is 9.47 Å². The van der Waals surface area contributed by atoms with Crippen LogP contribution in [-0.2, 0) is 20.7 Å². The highest BCUT2D eigenvalue weighted by Crippen LogP contribution is 2.25. The molecule has 1 unspecified atom stereocenters. The molecule has 1 atom stereocenters. The van der Waals surface area contributed by atoms with Gasteiger partial charge in [0.15, 0.2) is 5.60 Å². The van der Waals surface area contributed by atoms with Crippen molar-refractivity contribution in [1.29, 1.82) is 0 Å². The summed E-state index contributed by atoms with van der Waals surface area (Å²) in [7, 11) is 0. The van der Waals surface area contributed by atoms with E-state index in [-0.39, 0.29) is 24.9 Å². The number of allylic oxidation sites excluding steroid dienone is 1. The largest absolute Gasteiger partial charge is 0.491 e. The average molecular weight is 454 g/mol. The van der Waals surface area contributed by atoms with Crippen LogP contribution in [0, 0.1) is 5.82 Å². The van der Waals surface area contributed by atoms with Crippen molar-refractivity contribution in [3.05, 3.63) is 72.1 Å². The number of para-hydroxylation sites is 1. The molecule has 0 aromatic heterocycles. The van der Waals surface area contributed by atoms with Gasteiger partial charge in [-0.1, -0.05) is 36.4 Å². The molecule has 0 saturated carbocycles. The molecule has 33 heavy (non-hydrogen) atoms. The third-order valence-corrected chi connectivity index (χ3v) is 5.72. The highest BCUT2D eigenvalue weighted by molar-refractivity contribution is 5.92. The third kappa shape index (κ3) is 5.97. The number of anilines is 1. The van der Waals surface area contributed by atoms with Gasteiger partial charge in [-0.15, -0.1) is 0 Å². The molecule has 2 aromatic carbocycles. The predicted molar refractivity (Wildman–Crippen MR) is 123 cm³/mol. The van der Waals surface area contributed by atoms with Crippen molar-refractivity contribution in [1.82, 2.24) is 10.2 Å². The molecular formula is C25H28FN3O4. The van der Waals surface area contributed by atoms with Crippen molar-refractivity contribution in [2.75, 3.05) is 44.7 Å². The molecule has 2 N–H and O–H groups in total. The lowest BCUT2D eigenvalue weighted by Gasteiger charge is -2.41. The zero-order valence-electron chi connectivity index (χ0n) is 18.4. The summed E-state index contributed by atoms with van der Waals surface area (Å²) in [5, 5.41) is 5.63. The second-order valence-electron chi connectivity index (χ2n) is 8.20. The van der Waals surface area contributed by atoms with Crippen molar-refractivity contribution >= 4 is 17.5 Å². The van der Waals surface area contributed by atoms with E-state index in [1.807, 2.05) is 41.3 Å². The average Bonchev–Trinajstić information content (AvgIpc) is 2.79. The van der Waals surface area contributed by atoms with Crippen molar-refractivity contribution in [2.45, 2.75) is 18.4 Å². The zero-order chi connectivity index (χ0) is 23.1. The van der Waals surface area contributed by atoms with Crippen molar-refractivity contribution < 1.29 is 23.5 Å². The Morgan fingerprint density at radius 2 is 2.03 bits per heavy atom. The molecule has 2 amide bonds. The smallest absolute Gasteiger partial charge is 0.254 e. The minimum absolute atomic E-state index is 0.0785. The van der Waals surface area contributed by atoms with Gasteiger partial charge in [0.25, 0.3) is 5.91 Å². The van der Waals surface area contributed by atoms with Gasteiger partial charge in [0.05, 0.1) is 19.7 Å². The van der Waals surface area contributed by atoms with E-state index >= 15 is 0 Å². The first-order valence-corrected chi connectivity index (χ1v) is 11.1. The number of carbonyl (C=O) groups is 2. The first kappa shape index (κ1) is 22.9. The minimum atomic E-state index is -1.09. The van der Waals surface area contributed by atoms with Gasteiger partial charge in [-0.05, 0) is 36.2 Å². The van der Waals surface area contributed by atoms with Gasteiger partial charge in [0.2, 0.25) is 5.91 Å². The first-order valence-electron chi connectivity index (χ1n) is 11.1. The SMILES string of the molecule is O=C(CN1CCOC2(C/C=C/Cc3ccccc3OCCNC2=O)C1)Nc1cccc(F)c1. The van der Waals surface area contributed by atoms with Crippen LogP contribution in [0.3, 0.4) is 0 Å². The second-order valence-corrected chi connectivity index (χ2v) is 8.20. The lowest BCUT2D eigenvalue weighted by atomic mass is 9.94. The maximum absolute atomic E-state index is 13.4. The number of nitrogens with zero attached hydrogens (tertiary/aromatic N) is 1. The number of hydrogen-bond donors (Lipinski definition) is 2. The lowest BCUT2D eigenvalue weighted by Crippen LogP contribution is -2.60. The maximum Gasteiger partial charge on any atom is 0.254 e. The molecule has 1 spiro atoms. The van der Waals surface area contributed by atoms with Crippen LogP contribution < -0.4 is 15.4 Å². The van der Waals surface area contributed by atoms with Crippen LogP contribution >= 0.6 is 0 Å². The van der Waals surface area contributed by atoms with E-state index < -0.39 is 11.4 Å². The molecule has 2 aromatic rings.